The molecule has 2 rings (SSSR count). The van der Waals surface area contributed by atoms with Crippen LogP contribution in [0.3, 0.4) is 0 Å². The molecule has 2 atom stereocenters. The van der Waals surface area contributed by atoms with E-state index in [1.54, 1.807) is 18.9 Å². The second kappa shape index (κ2) is 8.96. The van der Waals surface area contributed by atoms with Gasteiger partial charge in [-0.15, -0.1) is 0 Å². The van der Waals surface area contributed by atoms with Gasteiger partial charge < -0.3 is 14.4 Å². The van der Waals surface area contributed by atoms with Gasteiger partial charge in [0.25, 0.3) is 0 Å². The Morgan fingerprint density at radius 1 is 1.37 bits per heavy atom. The molecule has 0 spiro atoms. The van der Waals surface area contributed by atoms with Crippen LogP contribution in [0.25, 0.3) is 0 Å². The number of aryl methyl sites for hydroxylation is 1. The monoisotopic (exact) mass is 397 g/mol. The van der Waals surface area contributed by atoms with Crippen LogP contribution >= 0.6 is 11.6 Å². The largest absolute Gasteiger partial charge is 0.466 e. The molecule has 1 amide bonds. The molecule has 0 heterocycles. The first-order chi connectivity index (χ1) is 12.6. The van der Waals surface area contributed by atoms with Gasteiger partial charge in [-0.3, -0.25) is 4.79 Å². The first-order valence-electron chi connectivity index (χ1n) is 9.52. The Balaban J connectivity index is 2.24. The second-order valence-electron chi connectivity index (χ2n) is 7.99. The third-order valence-electron chi connectivity index (χ3n) is 4.82. The van der Waals surface area contributed by atoms with Crippen LogP contribution in [-0.4, -0.2) is 42.3 Å². The van der Waals surface area contributed by atoms with E-state index < -0.39 is 5.60 Å². The van der Waals surface area contributed by atoms with Crippen molar-refractivity contribution in [2.45, 2.75) is 70.9 Å². The van der Waals surface area contributed by atoms with Gasteiger partial charge in [0.1, 0.15) is 5.60 Å². The number of carbonyl (C=O) groups excluding carboxylic acids is 2. The summed E-state index contributed by atoms with van der Waals surface area (Å²) >= 11 is 6.16. The highest BCUT2D eigenvalue weighted by atomic mass is 35.5. The zero-order valence-electron chi connectivity index (χ0n) is 16.9. The van der Waals surface area contributed by atoms with Crippen molar-refractivity contribution in [3.8, 4) is 0 Å². The van der Waals surface area contributed by atoms with Crippen LogP contribution in [0.15, 0.2) is 18.2 Å². The summed E-state index contributed by atoms with van der Waals surface area (Å²) in [5.41, 5.74) is 1.78. The molecule has 1 aromatic carbocycles. The van der Waals surface area contributed by atoms with E-state index in [0.29, 0.717) is 24.5 Å². The van der Waals surface area contributed by atoms with E-state index in [1.807, 2.05) is 39.0 Å². The Bertz CT molecular complexity index is 683. The maximum atomic E-state index is 12.6. The Hall–Kier alpha value is -1.75. The average molecular weight is 398 g/mol. The number of benzene rings is 1. The molecule has 0 aromatic heterocycles. The lowest BCUT2D eigenvalue weighted by Crippen LogP contribution is -2.45. The molecular weight excluding hydrogens is 368 g/mol. The van der Waals surface area contributed by atoms with Gasteiger partial charge in [-0.2, -0.15) is 0 Å². The van der Waals surface area contributed by atoms with Crippen LogP contribution in [0, 0.1) is 0 Å². The van der Waals surface area contributed by atoms with E-state index in [1.165, 1.54) is 5.56 Å². The van der Waals surface area contributed by atoms with E-state index in [9.17, 15) is 9.59 Å². The number of likely N-dealkylation sites (N-methyl/N-ethyl adjacent to an activating group) is 1. The fourth-order valence-corrected chi connectivity index (χ4v) is 3.85. The van der Waals surface area contributed by atoms with Crippen molar-refractivity contribution < 1.29 is 19.1 Å². The number of carbonyl (C=O) groups is 2. The summed E-state index contributed by atoms with van der Waals surface area (Å²) in [4.78, 5) is 26.2. The highest BCUT2D eigenvalue weighted by Crippen LogP contribution is 2.39. The predicted molar refractivity (Wildman–Crippen MR) is 106 cm³/mol. The van der Waals surface area contributed by atoms with E-state index in [-0.39, 0.29) is 24.0 Å². The van der Waals surface area contributed by atoms with Crippen LogP contribution in [0.5, 0.6) is 0 Å². The molecule has 150 valence electrons. The van der Waals surface area contributed by atoms with Crippen LogP contribution in [0.4, 0.5) is 4.79 Å². The molecule has 0 bridgehead atoms. The van der Waals surface area contributed by atoms with E-state index >= 15 is 0 Å². The molecule has 0 fully saturated rings. The molecule has 1 aromatic rings. The Morgan fingerprint density at radius 3 is 2.70 bits per heavy atom. The summed E-state index contributed by atoms with van der Waals surface area (Å²) in [6.45, 7) is 7.74. The fraction of sp³-hybridized carbons (Fsp3) is 0.619. The van der Waals surface area contributed by atoms with Crippen LogP contribution in [0.1, 0.15) is 64.0 Å². The average Bonchev–Trinajstić information content (AvgIpc) is 2.57. The topological polar surface area (TPSA) is 55.8 Å². The third kappa shape index (κ3) is 5.86. The van der Waals surface area contributed by atoms with Gasteiger partial charge in [-0.1, -0.05) is 17.7 Å². The second-order valence-corrected chi connectivity index (χ2v) is 8.43. The van der Waals surface area contributed by atoms with Crippen molar-refractivity contribution >= 4 is 23.7 Å². The molecule has 0 N–H and O–H groups in total. The van der Waals surface area contributed by atoms with E-state index in [2.05, 4.69) is 0 Å². The van der Waals surface area contributed by atoms with Gasteiger partial charge >= 0.3 is 12.1 Å². The first kappa shape index (κ1) is 21.5. The molecule has 0 saturated heterocycles. The molecule has 0 aliphatic heterocycles. The zero-order chi connectivity index (χ0) is 20.2. The molecule has 1 aliphatic rings. The smallest absolute Gasteiger partial charge is 0.410 e. The van der Waals surface area contributed by atoms with Gasteiger partial charge in [0.15, 0.2) is 0 Å². The third-order valence-corrected chi connectivity index (χ3v) is 5.06. The highest BCUT2D eigenvalue weighted by molar-refractivity contribution is 6.30. The first-order valence-corrected chi connectivity index (χ1v) is 9.90. The lowest BCUT2D eigenvalue weighted by atomic mass is 9.77. The number of amides is 1. The number of ether oxygens (including phenoxy) is 2. The molecular formula is C21H30ClNO4. The number of esters is 1. The molecule has 5 nitrogen and oxygen atoms in total. The summed E-state index contributed by atoms with van der Waals surface area (Å²) in [5, 5.41) is 0.705. The van der Waals surface area contributed by atoms with Crippen molar-refractivity contribution in [1.29, 1.82) is 0 Å². The fourth-order valence-electron chi connectivity index (χ4n) is 3.65. The molecule has 0 saturated carbocycles. The Morgan fingerprint density at radius 2 is 2.07 bits per heavy atom. The van der Waals surface area contributed by atoms with E-state index in [4.69, 9.17) is 21.1 Å². The molecule has 27 heavy (non-hydrogen) atoms. The van der Waals surface area contributed by atoms with E-state index in [0.717, 1.165) is 18.4 Å². The van der Waals surface area contributed by atoms with Crippen molar-refractivity contribution in [1.82, 2.24) is 4.90 Å². The van der Waals surface area contributed by atoms with Gasteiger partial charge in [-0.05, 0) is 70.2 Å². The zero-order valence-corrected chi connectivity index (χ0v) is 17.6. The standard InChI is InChI=1S/C21H30ClNO4/c1-6-26-19(24)12-10-17-16-9-8-15(22)13-14(16)7-11-18(17)23(5)20(25)27-21(2,3)4/h8-9,13,17-18H,6-7,10-12H2,1-5H3/t17-,18-/m1/s1/i19+2. The van der Waals surface area contributed by atoms with Gasteiger partial charge in [0, 0.05) is 30.5 Å². The molecule has 6 heteroatoms. The molecule has 0 radical (unpaired) electrons. The summed E-state index contributed by atoms with van der Waals surface area (Å²) < 4.78 is 10.6. The Labute approximate surface area is 167 Å². The lowest BCUT2D eigenvalue weighted by molar-refractivity contribution is -0.143. The number of halogens is 1. The number of rotatable bonds is 5. The minimum atomic E-state index is -0.550. The number of hydrogen-bond donors (Lipinski definition) is 0. The summed E-state index contributed by atoms with van der Waals surface area (Å²) in [6, 6.07) is 5.83. The van der Waals surface area contributed by atoms with Crippen LogP contribution in [0.2, 0.25) is 5.02 Å². The minimum absolute atomic E-state index is 0.0351. The van der Waals surface area contributed by atoms with Gasteiger partial charge in [0.2, 0.25) is 0 Å². The number of hydrogen-bond acceptors (Lipinski definition) is 4. The SMILES string of the molecule is CCO[14C](=O)CC[C@@H]1c2ccc(Cl)cc2CC[C@H]1N(C)C(=O)OC(C)(C)C. The number of nitrogens with zero attached hydrogens (tertiary/aromatic N) is 1. The normalized spacial score (nSPS) is 19.2. The van der Waals surface area contributed by atoms with Crippen molar-refractivity contribution in [2.24, 2.45) is 0 Å². The predicted octanol–water partition coefficient (Wildman–Crippen LogP) is 4.95. The molecule has 0 unspecified atom stereocenters. The lowest BCUT2D eigenvalue weighted by Gasteiger charge is -2.39. The van der Waals surface area contributed by atoms with Crippen molar-refractivity contribution in [3.05, 3.63) is 34.3 Å². The summed E-state index contributed by atoms with van der Waals surface area (Å²) in [5.74, 6) is -0.176. The van der Waals surface area contributed by atoms with Crippen molar-refractivity contribution in [2.75, 3.05) is 13.7 Å². The van der Waals surface area contributed by atoms with Crippen molar-refractivity contribution in [3.63, 3.8) is 0 Å². The Kier molecular flexibility index (Phi) is 7.15. The van der Waals surface area contributed by atoms with Crippen LogP contribution < -0.4 is 0 Å². The minimum Gasteiger partial charge on any atom is -0.466 e. The maximum absolute atomic E-state index is 12.6. The summed E-state index contributed by atoms with van der Waals surface area (Å²) in [6.07, 6.45) is 2.23. The van der Waals surface area contributed by atoms with Gasteiger partial charge in [-0.25, -0.2) is 4.79 Å². The quantitative estimate of drug-likeness (QED) is 0.659. The number of fused-ring (bicyclic) bond motifs is 1. The highest BCUT2D eigenvalue weighted by Gasteiger charge is 2.36. The van der Waals surface area contributed by atoms with Gasteiger partial charge in [0.05, 0.1) is 6.61 Å². The maximum Gasteiger partial charge on any atom is 0.410 e. The molecule has 1 aliphatic carbocycles. The summed E-state index contributed by atoms with van der Waals surface area (Å²) in [7, 11) is 1.77. The van der Waals surface area contributed by atoms with Crippen LogP contribution in [-0.2, 0) is 20.7 Å².